The van der Waals surface area contributed by atoms with Crippen LogP contribution in [0.15, 0.2) is 53.1 Å². The molecule has 1 fully saturated rings. The number of hydrogen-bond acceptors (Lipinski definition) is 5. The number of amides is 2. The molecule has 2 heterocycles. The number of para-hydroxylation sites is 1. The van der Waals surface area contributed by atoms with Crippen molar-refractivity contribution in [2.24, 2.45) is 5.92 Å². The van der Waals surface area contributed by atoms with E-state index in [-0.39, 0.29) is 24.2 Å². The molecule has 0 spiro atoms. The molecule has 1 saturated carbocycles. The second kappa shape index (κ2) is 12.3. The Morgan fingerprint density at radius 1 is 0.974 bits per heavy atom. The van der Waals surface area contributed by atoms with Gasteiger partial charge in [0, 0.05) is 61.5 Å². The van der Waals surface area contributed by atoms with E-state index in [2.05, 4.69) is 28.3 Å². The van der Waals surface area contributed by atoms with Crippen LogP contribution in [0.2, 0.25) is 5.02 Å². The van der Waals surface area contributed by atoms with Gasteiger partial charge in [-0.25, -0.2) is 0 Å². The summed E-state index contributed by atoms with van der Waals surface area (Å²) >= 11 is 6.11. The molecular formula is C31H37ClN4O3. The van der Waals surface area contributed by atoms with Crippen LogP contribution in [0.4, 0.5) is 5.69 Å². The minimum Gasteiger partial charge on any atom is -0.361 e. The van der Waals surface area contributed by atoms with Crippen molar-refractivity contribution in [2.45, 2.75) is 59.0 Å². The quantitative estimate of drug-likeness (QED) is 0.418. The smallest absolute Gasteiger partial charge is 0.230 e. The number of anilines is 1. The maximum Gasteiger partial charge on any atom is 0.230 e. The molecule has 1 aliphatic heterocycles. The van der Waals surface area contributed by atoms with Crippen LogP contribution in [-0.4, -0.2) is 52.9 Å². The molecule has 1 aliphatic carbocycles. The first kappa shape index (κ1) is 27.4. The minimum atomic E-state index is 0.0422. The van der Waals surface area contributed by atoms with Gasteiger partial charge < -0.3 is 14.3 Å². The van der Waals surface area contributed by atoms with Crippen molar-refractivity contribution >= 4 is 29.1 Å². The predicted octanol–water partition coefficient (Wildman–Crippen LogP) is 5.56. The Labute approximate surface area is 235 Å². The fraction of sp³-hybridized carbons (Fsp3) is 0.452. The normalized spacial score (nSPS) is 17.3. The number of carbonyl (C=O) groups is 2. The molecule has 39 heavy (non-hydrogen) atoms. The zero-order valence-electron chi connectivity index (χ0n) is 22.9. The highest BCUT2D eigenvalue weighted by Gasteiger charge is 2.35. The summed E-state index contributed by atoms with van der Waals surface area (Å²) in [4.78, 5) is 33.5. The van der Waals surface area contributed by atoms with Gasteiger partial charge in [0.05, 0.1) is 12.1 Å². The van der Waals surface area contributed by atoms with E-state index in [1.54, 1.807) is 0 Å². The predicted molar refractivity (Wildman–Crippen MR) is 153 cm³/mol. The maximum absolute atomic E-state index is 13.7. The Balaban J connectivity index is 1.42. The number of hydrogen-bond donors (Lipinski definition) is 0. The number of benzene rings is 2. The molecule has 7 nitrogen and oxygen atoms in total. The third-order valence-corrected chi connectivity index (χ3v) is 8.03. The summed E-state index contributed by atoms with van der Waals surface area (Å²) < 4.78 is 5.32. The SMILES string of the molecule is Cc1noc(C)c1CC(=O)N1CCCN(Cc2ccc(Cl)cc2)CCCN(C(=O)C2CC2)c2ccccc2C1. The van der Waals surface area contributed by atoms with E-state index >= 15 is 0 Å². The van der Waals surface area contributed by atoms with Crippen molar-refractivity contribution in [3.05, 3.63) is 81.7 Å². The van der Waals surface area contributed by atoms with Crippen LogP contribution in [0, 0.1) is 19.8 Å². The molecule has 2 aliphatic rings. The molecule has 0 unspecified atom stereocenters. The summed E-state index contributed by atoms with van der Waals surface area (Å²) in [5, 5.41) is 4.77. The highest BCUT2D eigenvalue weighted by molar-refractivity contribution is 6.30. The number of aryl methyl sites for hydroxylation is 2. The number of aromatic nitrogens is 1. The Bertz CT molecular complexity index is 1280. The molecule has 0 radical (unpaired) electrons. The summed E-state index contributed by atoms with van der Waals surface area (Å²) in [5.74, 6) is 1.05. The molecule has 0 N–H and O–H groups in total. The van der Waals surface area contributed by atoms with Crippen LogP contribution in [0.3, 0.4) is 0 Å². The number of nitrogens with zero attached hydrogens (tertiary/aromatic N) is 4. The summed E-state index contributed by atoms with van der Waals surface area (Å²) in [6, 6.07) is 16.1. The molecule has 0 bridgehead atoms. The van der Waals surface area contributed by atoms with Gasteiger partial charge in [-0.15, -0.1) is 0 Å². The molecular weight excluding hydrogens is 512 g/mol. The van der Waals surface area contributed by atoms with Gasteiger partial charge >= 0.3 is 0 Å². The van der Waals surface area contributed by atoms with Gasteiger partial charge in [0.25, 0.3) is 0 Å². The second-order valence-corrected chi connectivity index (χ2v) is 11.2. The lowest BCUT2D eigenvalue weighted by Gasteiger charge is -2.32. The van der Waals surface area contributed by atoms with Gasteiger partial charge in [0.2, 0.25) is 11.8 Å². The van der Waals surface area contributed by atoms with Gasteiger partial charge in [-0.1, -0.05) is 47.1 Å². The number of rotatable bonds is 5. The van der Waals surface area contributed by atoms with Crippen molar-refractivity contribution in [1.82, 2.24) is 15.0 Å². The highest BCUT2D eigenvalue weighted by atomic mass is 35.5. The molecule has 1 aromatic heterocycles. The van der Waals surface area contributed by atoms with Crippen molar-refractivity contribution in [2.75, 3.05) is 31.1 Å². The van der Waals surface area contributed by atoms with Gasteiger partial charge in [-0.3, -0.25) is 14.5 Å². The monoisotopic (exact) mass is 548 g/mol. The van der Waals surface area contributed by atoms with E-state index in [4.69, 9.17) is 16.1 Å². The van der Waals surface area contributed by atoms with E-state index in [0.29, 0.717) is 25.4 Å². The Kier molecular flexibility index (Phi) is 8.68. The first-order valence-electron chi connectivity index (χ1n) is 13.9. The van der Waals surface area contributed by atoms with E-state index < -0.39 is 0 Å². The van der Waals surface area contributed by atoms with Crippen molar-refractivity contribution < 1.29 is 14.1 Å². The molecule has 5 rings (SSSR count). The minimum absolute atomic E-state index is 0.0422. The number of carbonyl (C=O) groups excluding carboxylic acids is 2. The zero-order valence-corrected chi connectivity index (χ0v) is 23.6. The van der Waals surface area contributed by atoms with E-state index in [9.17, 15) is 9.59 Å². The molecule has 2 amide bonds. The van der Waals surface area contributed by atoms with Crippen LogP contribution >= 0.6 is 11.6 Å². The first-order chi connectivity index (χ1) is 18.9. The first-order valence-corrected chi connectivity index (χ1v) is 14.3. The second-order valence-electron chi connectivity index (χ2n) is 10.8. The van der Waals surface area contributed by atoms with Crippen LogP contribution in [0.5, 0.6) is 0 Å². The van der Waals surface area contributed by atoms with Gasteiger partial charge in [-0.2, -0.15) is 0 Å². The van der Waals surface area contributed by atoms with Gasteiger partial charge in [0.1, 0.15) is 5.76 Å². The summed E-state index contributed by atoms with van der Waals surface area (Å²) in [6.45, 7) is 8.01. The Morgan fingerprint density at radius 3 is 2.38 bits per heavy atom. The number of fused-ring (bicyclic) bond motifs is 1. The van der Waals surface area contributed by atoms with Crippen molar-refractivity contribution in [3.8, 4) is 0 Å². The lowest BCUT2D eigenvalue weighted by molar-refractivity contribution is -0.131. The topological polar surface area (TPSA) is 69.9 Å². The summed E-state index contributed by atoms with van der Waals surface area (Å²) in [5.41, 5.74) is 4.75. The van der Waals surface area contributed by atoms with E-state index in [1.165, 1.54) is 5.56 Å². The van der Waals surface area contributed by atoms with Crippen LogP contribution in [0.25, 0.3) is 0 Å². The van der Waals surface area contributed by atoms with Crippen molar-refractivity contribution in [3.63, 3.8) is 0 Å². The third kappa shape index (κ3) is 6.89. The standard InChI is InChI=1S/C31H37ClN4O3/c1-22-28(23(2)39-33-22)19-30(37)35-17-5-15-34(20-24-9-13-27(32)14-10-24)16-6-18-36(31(38)25-11-12-25)29-8-4-3-7-26(29)21-35/h3-4,7-10,13-14,25H,5-6,11-12,15-21H2,1-2H3. The molecule has 3 aromatic rings. The fourth-order valence-corrected chi connectivity index (χ4v) is 5.50. The Morgan fingerprint density at radius 2 is 1.69 bits per heavy atom. The molecule has 8 heteroatoms. The zero-order chi connectivity index (χ0) is 27.4. The van der Waals surface area contributed by atoms with E-state index in [0.717, 1.165) is 72.8 Å². The fourth-order valence-electron chi connectivity index (χ4n) is 5.38. The van der Waals surface area contributed by atoms with Crippen LogP contribution in [0.1, 0.15) is 53.8 Å². The van der Waals surface area contributed by atoms with E-state index in [1.807, 2.05) is 54.0 Å². The van der Waals surface area contributed by atoms with Crippen molar-refractivity contribution in [1.29, 1.82) is 0 Å². The third-order valence-electron chi connectivity index (χ3n) is 7.78. The average molecular weight is 549 g/mol. The molecule has 2 aromatic carbocycles. The van der Waals surface area contributed by atoms with Gasteiger partial charge in [0.15, 0.2) is 0 Å². The largest absolute Gasteiger partial charge is 0.361 e. The summed E-state index contributed by atoms with van der Waals surface area (Å²) in [6.07, 6.45) is 3.91. The summed E-state index contributed by atoms with van der Waals surface area (Å²) in [7, 11) is 0. The lowest BCUT2D eigenvalue weighted by Crippen LogP contribution is -2.39. The maximum atomic E-state index is 13.7. The molecule has 206 valence electrons. The highest BCUT2D eigenvalue weighted by Crippen LogP contribution is 2.34. The molecule has 0 saturated heterocycles. The number of halogens is 1. The van der Waals surface area contributed by atoms with Crippen LogP contribution < -0.4 is 4.90 Å². The average Bonchev–Trinajstić information content (AvgIpc) is 3.73. The lowest BCUT2D eigenvalue weighted by atomic mass is 10.1. The van der Waals surface area contributed by atoms with Crippen LogP contribution in [-0.2, 0) is 29.1 Å². The Hall–Kier alpha value is -3.16. The molecule has 0 atom stereocenters. The van der Waals surface area contributed by atoms with Gasteiger partial charge in [-0.05, 0) is 68.9 Å².